The zero-order chi connectivity index (χ0) is 16.7. The fraction of sp³-hybridized carbons (Fsp3) is 0.562. The number of methoxy groups -OCH3 is 1. The minimum absolute atomic E-state index is 0.0749. The van der Waals surface area contributed by atoms with Gasteiger partial charge in [-0.2, -0.15) is 4.31 Å². The molecule has 0 spiro atoms. The maximum absolute atomic E-state index is 12.6. The van der Waals surface area contributed by atoms with Gasteiger partial charge in [-0.1, -0.05) is 18.2 Å². The Morgan fingerprint density at radius 3 is 2.78 bits per heavy atom. The van der Waals surface area contributed by atoms with Gasteiger partial charge in [0.15, 0.2) is 0 Å². The number of sulfonamides is 1. The molecule has 1 heterocycles. The molecule has 1 fully saturated rings. The second-order valence-corrected chi connectivity index (χ2v) is 7.59. The number of carbonyl (C=O) groups excluding carboxylic acids is 1. The minimum atomic E-state index is -3.52. The first kappa shape index (κ1) is 17.9. The summed E-state index contributed by atoms with van der Waals surface area (Å²) < 4.78 is 31.6. The van der Waals surface area contributed by atoms with Crippen LogP contribution in [0.25, 0.3) is 0 Å². The lowest BCUT2D eigenvalue weighted by atomic mass is 9.99. The van der Waals surface area contributed by atoms with E-state index in [4.69, 9.17) is 4.74 Å². The molecule has 1 aromatic rings. The summed E-state index contributed by atoms with van der Waals surface area (Å²) >= 11 is 0. The van der Waals surface area contributed by atoms with Gasteiger partial charge in [0.25, 0.3) is 0 Å². The maximum atomic E-state index is 12.6. The number of amides is 1. The predicted octanol–water partition coefficient (Wildman–Crippen LogP) is 1.24. The first-order valence-electron chi connectivity index (χ1n) is 7.87. The summed E-state index contributed by atoms with van der Waals surface area (Å²) in [5.74, 6) is -0.362. The first-order chi connectivity index (χ1) is 11.1. The Balaban J connectivity index is 1.96. The zero-order valence-electron chi connectivity index (χ0n) is 13.4. The Morgan fingerprint density at radius 1 is 1.35 bits per heavy atom. The molecule has 1 aromatic carbocycles. The quantitative estimate of drug-likeness (QED) is 0.758. The SMILES string of the molecule is COCCCNC(=O)[C@@H]1CCCN(S(=O)(=O)c2ccccc2)C1. The summed E-state index contributed by atoms with van der Waals surface area (Å²) in [6, 6.07) is 8.37. The van der Waals surface area contributed by atoms with E-state index in [0.717, 1.165) is 12.8 Å². The molecular formula is C16H24N2O4S. The van der Waals surface area contributed by atoms with Crippen molar-refractivity contribution in [1.82, 2.24) is 9.62 Å². The molecule has 1 amide bonds. The number of nitrogens with zero attached hydrogens (tertiary/aromatic N) is 1. The minimum Gasteiger partial charge on any atom is -0.385 e. The molecular weight excluding hydrogens is 316 g/mol. The van der Waals surface area contributed by atoms with Crippen LogP contribution >= 0.6 is 0 Å². The largest absolute Gasteiger partial charge is 0.385 e. The van der Waals surface area contributed by atoms with Gasteiger partial charge in [0, 0.05) is 33.4 Å². The van der Waals surface area contributed by atoms with E-state index in [0.29, 0.717) is 26.1 Å². The van der Waals surface area contributed by atoms with Crippen molar-refractivity contribution in [2.45, 2.75) is 24.2 Å². The van der Waals surface area contributed by atoms with Gasteiger partial charge in [-0.25, -0.2) is 8.42 Å². The van der Waals surface area contributed by atoms with Gasteiger partial charge in [-0.3, -0.25) is 4.79 Å². The van der Waals surface area contributed by atoms with Crippen LogP contribution in [0.1, 0.15) is 19.3 Å². The molecule has 0 aromatic heterocycles. The van der Waals surface area contributed by atoms with Crippen molar-refractivity contribution in [1.29, 1.82) is 0 Å². The Hall–Kier alpha value is -1.44. The number of ether oxygens (including phenoxy) is 1. The summed E-state index contributed by atoms with van der Waals surface area (Å²) in [6.45, 7) is 1.85. The lowest BCUT2D eigenvalue weighted by molar-refractivity contribution is -0.126. The van der Waals surface area contributed by atoms with E-state index in [1.807, 2.05) is 0 Å². The van der Waals surface area contributed by atoms with Crippen LogP contribution in [0.4, 0.5) is 0 Å². The number of rotatable bonds is 7. The third-order valence-corrected chi connectivity index (χ3v) is 5.84. The van der Waals surface area contributed by atoms with Crippen molar-refractivity contribution in [3.8, 4) is 0 Å². The molecule has 23 heavy (non-hydrogen) atoms. The van der Waals surface area contributed by atoms with Crippen molar-refractivity contribution < 1.29 is 17.9 Å². The van der Waals surface area contributed by atoms with E-state index in [1.165, 1.54) is 4.31 Å². The summed E-state index contributed by atoms with van der Waals surface area (Å²) in [6.07, 6.45) is 2.17. The van der Waals surface area contributed by atoms with E-state index < -0.39 is 10.0 Å². The standard InChI is InChI=1S/C16H24N2O4S/c1-22-12-6-10-17-16(19)14-7-5-11-18(13-14)23(20,21)15-8-3-2-4-9-15/h2-4,8-9,14H,5-7,10-13H2,1H3,(H,17,19)/t14-/m1/s1. The second kappa shape index (κ2) is 8.42. The number of hydrogen-bond acceptors (Lipinski definition) is 4. The number of piperidine rings is 1. The second-order valence-electron chi connectivity index (χ2n) is 5.65. The summed E-state index contributed by atoms with van der Waals surface area (Å²) in [5.41, 5.74) is 0. The summed E-state index contributed by atoms with van der Waals surface area (Å²) in [4.78, 5) is 12.5. The third kappa shape index (κ3) is 4.76. The monoisotopic (exact) mass is 340 g/mol. The molecule has 2 rings (SSSR count). The van der Waals surface area contributed by atoms with Crippen LogP contribution in [-0.4, -0.2) is 52.0 Å². The van der Waals surface area contributed by atoms with Crippen molar-refractivity contribution in [3.63, 3.8) is 0 Å². The van der Waals surface area contributed by atoms with Gasteiger partial charge >= 0.3 is 0 Å². The molecule has 0 saturated carbocycles. The van der Waals surface area contributed by atoms with Gasteiger partial charge in [0.05, 0.1) is 10.8 Å². The predicted molar refractivity (Wildman–Crippen MR) is 87.4 cm³/mol. The third-order valence-electron chi connectivity index (χ3n) is 3.96. The Bertz CT molecular complexity index is 604. The van der Waals surface area contributed by atoms with E-state index in [1.54, 1.807) is 37.4 Å². The van der Waals surface area contributed by atoms with Gasteiger partial charge in [0.2, 0.25) is 15.9 Å². The van der Waals surface area contributed by atoms with Gasteiger partial charge in [-0.15, -0.1) is 0 Å². The van der Waals surface area contributed by atoms with Gasteiger partial charge in [-0.05, 0) is 31.4 Å². The van der Waals surface area contributed by atoms with Crippen molar-refractivity contribution in [3.05, 3.63) is 30.3 Å². The molecule has 0 radical (unpaired) electrons. The van der Waals surface area contributed by atoms with Crippen LogP contribution in [0.15, 0.2) is 35.2 Å². The lowest BCUT2D eigenvalue weighted by Crippen LogP contribution is -2.45. The van der Waals surface area contributed by atoms with Gasteiger partial charge < -0.3 is 10.1 Å². The highest BCUT2D eigenvalue weighted by atomic mass is 32.2. The lowest BCUT2D eigenvalue weighted by Gasteiger charge is -2.31. The van der Waals surface area contributed by atoms with Crippen LogP contribution in [0.2, 0.25) is 0 Å². The average Bonchev–Trinajstić information content (AvgIpc) is 2.59. The van der Waals surface area contributed by atoms with Crippen LogP contribution < -0.4 is 5.32 Å². The number of benzene rings is 1. The molecule has 1 N–H and O–H groups in total. The zero-order valence-corrected chi connectivity index (χ0v) is 14.2. The Morgan fingerprint density at radius 2 is 2.09 bits per heavy atom. The molecule has 0 aliphatic carbocycles. The highest BCUT2D eigenvalue weighted by Crippen LogP contribution is 2.23. The van der Waals surface area contributed by atoms with Gasteiger partial charge in [0.1, 0.15) is 0 Å². The Labute approximate surface area is 137 Å². The maximum Gasteiger partial charge on any atom is 0.243 e. The highest BCUT2D eigenvalue weighted by molar-refractivity contribution is 7.89. The fourth-order valence-corrected chi connectivity index (χ4v) is 4.23. The summed E-state index contributed by atoms with van der Waals surface area (Å²) in [7, 11) is -1.90. The van der Waals surface area contributed by atoms with Crippen molar-refractivity contribution >= 4 is 15.9 Å². The molecule has 1 saturated heterocycles. The van der Waals surface area contributed by atoms with Crippen molar-refractivity contribution in [2.24, 2.45) is 5.92 Å². The summed E-state index contributed by atoms with van der Waals surface area (Å²) in [5, 5.41) is 2.86. The van der Waals surface area contributed by atoms with E-state index in [-0.39, 0.29) is 23.3 Å². The van der Waals surface area contributed by atoms with E-state index in [2.05, 4.69) is 5.32 Å². The molecule has 0 bridgehead atoms. The number of nitrogens with one attached hydrogen (secondary N) is 1. The molecule has 1 aliphatic rings. The normalized spacial score (nSPS) is 19.4. The molecule has 0 unspecified atom stereocenters. The molecule has 1 aliphatic heterocycles. The molecule has 6 nitrogen and oxygen atoms in total. The van der Waals surface area contributed by atoms with Crippen LogP contribution in [-0.2, 0) is 19.6 Å². The average molecular weight is 340 g/mol. The first-order valence-corrected chi connectivity index (χ1v) is 9.31. The van der Waals surface area contributed by atoms with Crippen LogP contribution in [0, 0.1) is 5.92 Å². The topological polar surface area (TPSA) is 75.7 Å². The smallest absolute Gasteiger partial charge is 0.243 e. The fourth-order valence-electron chi connectivity index (χ4n) is 2.69. The molecule has 128 valence electrons. The van der Waals surface area contributed by atoms with Crippen LogP contribution in [0.3, 0.4) is 0 Å². The van der Waals surface area contributed by atoms with Crippen LogP contribution in [0.5, 0.6) is 0 Å². The highest BCUT2D eigenvalue weighted by Gasteiger charge is 2.32. The van der Waals surface area contributed by atoms with E-state index >= 15 is 0 Å². The Kier molecular flexibility index (Phi) is 6.56. The molecule has 7 heteroatoms. The van der Waals surface area contributed by atoms with E-state index in [9.17, 15) is 13.2 Å². The molecule has 1 atom stereocenters. The van der Waals surface area contributed by atoms with Crippen molar-refractivity contribution in [2.75, 3.05) is 33.4 Å². The number of carbonyl (C=O) groups is 1. The number of hydrogen-bond donors (Lipinski definition) is 1.